The number of likely N-dealkylation sites (tertiary alicyclic amines) is 1. The molecule has 43 heavy (non-hydrogen) atoms. The van der Waals surface area contributed by atoms with Crippen LogP contribution in [0.2, 0.25) is 0 Å². The van der Waals surface area contributed by atoms with Crippen molar-refractivity contribution in [3.05, 3.63) is 95.3 Å². The molecule has 0 atom stereocenters. The zero-order chi connectivity index (χ0) is 31.2. The molecule has 4 rings (SSSR count). The molecule has 7 nitrogen and oxygen atoms in total. The van der Waals surface area contributed by atoms with Crippen LogP contribution in [-0.2, 0) is 22.3 Å². The molecule has 1 saturated heterocycles. The first-order valence-electron chi connectivity index (χ1n) is 14.2. The average molecular weight is 595 g/mol. The van der Waals surface area contributed by atoms with Crippen molar-refractivity contribution in [1.82, 2.24) is 14.8 Å². The Kier molecular flexibility index (Phi) is 9.78. The van der Waals surface area contributed by atoms with E-state index in [0.29, 0.717) is 38.0 Å². The lowest BCUT2D eigenvalue weighted by Crippen LogP contribution is -2.49. The first kappa shape index (κ1) is 31.6. The minimum absolute atomic E-state index is 0.138. The van der Waals surface area contributed by atoms with Gasteiger partial charge in [0.05, 0.1) is 5.56 Å². The number of alkyl halides is 3. The van der Waals surface area contributed by atoms with E-state index < -0.39 is 17.3 Å². The summed E-state index contributed by atoms with van der Waals surface area (Å²) in [6.45, 7) is 8.60. The van der Waals surface area contributed by atoms with Crippen LogP contribution in [0, 0.1) is 6.92 Å². The van der Waals surface area contributed by atoms with Crippen molar-refractivity contribution in [2.24, 2.45) is 0 Å². The molecule has 0 spiro atoms. The van der Waals surface area contributed by atoms with E-state index in [1.807, 2.05) is 64.1 Å². The maximum atomic E-state index is 13.5. The summed E-state index contributed by atoms with van der Waals surface area (Å²) in [7, 11) is 0. The van der Waals surface area contributed by atoms with E-state index in [2.05, 4.69) is 10.3 Å². The fourth-order valence-electron chi connectivity index (χ4n) is 4.80. The van der Waals surface area contributed by atoms with E-state index in [4.69, 9.17) is 4.74 Å². The van der Waals surface area contributed by atoms with Gasteiger partial charge in [-0.1, -0.05) is 24.3 Å². The maximum Gasteiger partial charge on any atom is 0.416 e. The fraction of sp³-hybridized carbons (Fsp3) is 0.364. The predicted octanol–water partition coefficient (Wildman–Crippen LogP) is 7.59. The Labute approximate surface area is 250 Å². The summed E-state index contributed by atoms with van der Waals surface area (Å²) in [6.07, 6.45) is 0.992. The summed E-state index contributed by atoms with van der Waals surface area (Å²) in [5.74, 6) is -0.259. The van der Waals surface area contributed by atoms with Crippen LogP contribution < -0.4 is 5.32 Å². The van der Waals surface area contributed by atoms with Crippen molar-refractivity contribution < 1.29 is 27.5 Å². The third kappa shape index (κ3) is 9.33. The first-order chi connectivity index (χ1) is 20.3. The third-order valence-corrected chi connectivity index (χ3v) is 6.99. The summed E-state index contributed by atoms with van der Waals surface area (Å²) in [4.78, 5) is 33.7. The number of aromatic nitrogens is 1. The van der Waals surface area contributed by atoms with Crippen molar-refractivity contribution in [3.8, 4) is 0 Å². The fourth-order valence-corrected chi connectivity index (χ4v) is 4.80. The molecule has 2 amide bonds. The molecule has 1 N–H and O–H groups in total. The number of halogens is 3. The van der Waals surface area contributed by atoms with Crippen LogP contribution in [0.15, 0.2) is 72.9 Å². The number of hydrogen-bond acceptors (Lipinski definition) is 5. The van der Waals surface area contributed by atoms with E-state index in [1.165, 1.54) is 24.3 Å². The quantitative estimate of drug-likeness (QED) is 0.285. The van der Waals surface area contributed by atoms with Gasteiger partial charge >= 0.3 is 12.3 Å². The van der Waals surface area contributed by atoms with E-state index >= 15 is 0 Å². The standard InChI is InChI=1S/C33H37F3N4O3/c1-23-21-28(15-18-37-23)38-27-12-7-25(8-13-27)22-40(29-16-19-39(20-17-29)31(42)43-32(2,3)4)30(41)14-9-24-5-10-26(11-6-24)33(34,35)36/h5-15,18,21,29H,16-17,19-20,22H2,1-4H3,(H,37,38)/b14-9+. The van der Waals surface area contributed by atoms with Crippen LogP contribution >= 0.6 is 0 Å². The molecule has 0 aliphatic carbocycles. The lowest BCUT2D eigenvalue weighted by Gasteiger charge is -2.38. The van der Waals surface area contributed by atoms with Gasteiger partial charge in [-0.3, -0.25) is 9.78 Å². The van der Waals surface area contributed by atoms with Crippen LogP contribution in [0.1, 0.15) is 56.0 Å². The Morgan fingerprint density at radius 2 is 1.65 bits per heavy atom. The molecule has 3 aromatic rings. The van der Waals surface area contributed by atoms with Gasteiger partial charge in [0.25, 0.3) is 0 Å². The smallest absolute Gasteiger partial charge is 0.416 e. The molecule has 1 aliphatic heterocycles. The molecule has 0 radical (unpaired) electrons. The number of pyridine rings is 1. The average Bonchev–Trinajstić information content (AvgIpc) is 2.94. The van der Waals surface area contributed by atoms with Crippen LogP contribution in [0.5, 0.6) is 0 Å². The van der Waals surface area contributed by atoms with Gasteiger partial charge in [-0.05, 0) is 94.1 Å². The van der Waals surface area contributed by atoms with Gasteiger partial charge in [-0.25, -0.2) is 4.79 Å². The number of carbonyl (C=O) groups is 2. The molecule has 1 fully saturated rings. The summed E-state index contributed by atoms with van der Waals surface area (Å²) >= 11 is 0. The highest BCUT2D eigenvalue weighted by atomic mass is 19.4. The molecule has 2 aromatic carbocycles. The number of carbonyl (C=O) groups excluding carboxylic acids is 2. The number of nitrogens with zero attached hydrogens (tertiary/aromatic N) is 3. The van der Waals surface area contributed by atoms with Crippen molar-refractivity contribution in [3.63, 3.8) is 0 Å². The summed E-state index contributed by atoms with van der Waals surface area (Å²) in [5, 5.41) is 3.34. The maximum absolute atomic E-state index is 13.5. The molecular weight excluding hydrogens is 557 g/mol. The van der Waals surface area contributed by atoms with Crippen LogP contribution in [0.25, 0.3) is 6.08 Å². The van der Waals surface area contributed by atoms with E-state index in [9.17, 15) is 22.8 Å². The lowest BCUT2D eigenvalue weighted by molar-refractivity contribution is -0.137. The van der Waals surface area contributed by atoms with Crippen LogP contribution in [0.4, 0.5) is 29.3 Å². The SMILES string of the molecule is Cc1cc(Nc2ccc(CN(C(=O)/C=C/c3ccc(C(F)(F)F)cc3)C3CCN(C(=O)OC(C)(C)C)CC3)cc2)ccn1. The Bertz CT molecular complexity index is 1420. The molecule has 1 aromatic heterocycles. The molecule has 0 saturated carbocycles. The number of amides is 2. The molecule has 2 heterocycles. The van der Waals surface area contributed by atoms with Crippen molar-refractivity contribution >= 4 is 29.5 Å². The van der Waals surface area contributed by atoms with E-state index in [1.54, 1.807) is 16.0 Å². The molecule has 228 valence electrons. The number of hydrogen-bond donors (Lipinski definition) is 1. The van der Waals surface area contributed by atoms with Gasteiger partial charge in [0.1, 0.15) is 5.60 Å². The van der Waals surface area contributed by atoms with Crippen molar-refractivity contribution in [1.29, 1.82) is 0 Å². The first-order valence-corrected chi connectivity index (χ1v) is 14.2. The third-order valence-electron chi connectivity index (χ3n) is 6.99. The predicted molar refractivity (Wildman–Crippen MR) is 161 cm³/mol. The van der Waals surface area contributed by atoms with Crippen molar-refractivity contribution in [2.45, 2.75) is 64.9 Å². The van der Waals surface area contributed by atoms with Gasteiger partial charge in [0.15, 0.2) is 0 Å². The topological polar surface area (TPSA) is 74.8 Å². The van der Waals surface area contributed by atoms with Crippen LogP contribution in [0.3, 0.4) is 0 Å². The zero-order valence-corrected chi connectivity index (χ0v) is 24.8. The highest BCUT2D eigenvalue weighted by Crippen LogP contribution is 2.29. The monoisotopic (exact) mass is 594 g/mol. The Hall–Kier alpha value is -4.34. The van der Waals surface area contributed by atoms with Gasteiger partial charge < -0.3 is 19.9 Å². The Morgan fingerprint density at radius 3 is 2.23 bits per heavy atom. The molecular formula is C33H37F3N4O3. The second-order valence-corrected chi connectivity index (χ2v) is 11.6. The number of piperidine rings is 1. The number of aryl methyl sites for hydroxylation is 1. The molecule has 0 unspecified atom stereocenters. The van der Waals surface area contributed by atoms with Crippen LogP contribution in [-0.4, -0.2) is 51.5 Å². The van der Waals surface area contributed by atoms with Gasteiger partial charge in [-0.15, -0.1) is 0 Å². The molecule has 0 bridgehead atoms. The number of anilines is 2. The molecule has 10 heteroatoms. The number of nitrogens with one attached hydrogen (secondary N) is 1. The van der Waals surface area contributed by atoms with E-state index in [-0.39, 0.29) is 18.0 Å². The normalized spacial score (nSPS) is 14.5. The minimum atomic E-state index is -4.43. The second kappa shape index (κ2) is 13.3. The highest BCUT2D eigenvalue weighted by molar-refractivity contribution is 5.92. The van der Waals surface area contributed by atoms with Gasteiger partial charge in [0, 0.05) is 55.0 Å². The molecule has 1 aliphatic rings. The Morgan fingerprint density at radius 1 is 1.00 bits per heavy atom. The second-order valence-electron chi connectivity index (χ2n) is 11.6. The van der Waals surface area contributed by atoms with Gasteiger partial charge in [0.2, 0.25) is 5.91 Å². The highest BCUT2D eigenvalue weighted by Gasteiger charge is 2.32. The summed E-state index contributed by atoms with van der Waals surface area (Å²) < 4.78 is 44.3. The largest absolute Gasteiger partial charge is 0.444 e. The van der Waals surface area contributed by atoms with E-state index in [0.717, 1.165) is 34.8 Å². The number of benzene rings is 2. The van der Waals surface area contributed by atoms with Gasteiger partial charge in [-0.2, -0.15) is 13.2 Å². The minimum Gasteiger partial charge on any atom is -0.444 e. The lowest BCUT2D eigenvalue weighted by atomic mass is 10.0. The summed E-state index contributed by atoms with van der Waals surface area (Å²) in [5.41, 5.74) is 2.77. The zero-order valence-electron chi connectivity index (χ0n) is 24.8. The number of rotatable bonds is 7. The number of ether oxygens (including phenoxy) is 1. The summed E-state index contributed by atoms with van der Waals surface area (Å²) in [6, 6.07) is 16.1. The van der Waals surface area contributed by atoms with Crippen molar-refractivity contribution in [2.75, 3.05) is 18.4 Å². The Balaban J connectivity index is 1.48.